The van der Waals surface area contributed by atoms with Gasteiger partial charge in [0.1, 0.15) is 5.75 Å². The summed E-state index contributed by atoms with van der Waals surface area (Å²) in [5.41, 5.74) is 2.36. The minimum Gasteiger partial charge on any atom is -0.494 e. The maximum Gasteiger partial charge on any atom is 0.121 e. The van der Waals surface area contributed by atoms with Crippen molar-refractivity contribution < 1.29 is 4.74 Å². The third-order valence-electron chi connectivity index (χ3n) is 2.55. The summed E-state index contributed by atoms with van der Waals surface area (Å²) in [7, 11) is 0. The largest absolute Gasteiger partial charge is 0.494 e. The van der Waals surface area contributed by atoms with Gasteiger partial charge >= 0.3 is 0 Å². The minimum absolute atomic E-state index is 0.695. The Morgan fingerprint density at radius 3 is 2.61 bits per heavy atom. The predicted molar refractivity (Wildman–Crippen MR) is 84.1 cm³/mol. The highest BCUT2D eigenvalue weighted by Crippen LogP contribution is 2.18. The highest BCUT2D eigenvalue weighted by Gasteiger charge is 1.97. The van der Waals surface area contributed by atoms with Gasteiger partial charge in [-0.3, -0.25) is 0 Å². The van der Waals surface area contributed by atoms with Gasteiger partial charge in [0.15, 0.2) is 0 Å². The minimum atomic E-state index is 0.695. The third kappa shape index (κ3) is 3.91. The van der Waals surface area contributed by atoms with Crippen LogP contribution in [0.4, 0.5) is 5.69 Å². The molecule has 0 aromatic heterocycles. The van der Waals surface area contributed by atoms with Crippen LogP contribution in [0.3, 0.4) is 0 Å². The lowest BCUT2D eigenvalue weighted by Gasteiger charge is -2.09. The SMILES string of the molecule is CCOc1cccc(NCc2ccc(I)cc2)c1. The lowest BCUT2D eigenvalue weighted by Crippen LogP contribution is -2.00. The first-order valence-corrected chi connectivity index (χ1v) is 7.07. The smallest absolute Gasteiger partial charge is 0.121 e. The molecule has 0 saturated carbocycles. The van der Waals surface area contributed by atoms with Crippen LogP contribution in [0.15, 0.2) is 48.5 Å². The normalized spacial score (nSPS) is 10.1. The number of ether oxygens (including phenoxy) is 1. The molecule has 0 aliphatic carbocycles. The quantitative estimate of drug-likeness (QED) is 0.810. The molecular weight excluding hydrogens is 337 g/mol. The van der Waals surface area contributed by atoms with Gasteiger partial charge in [-0.2, -0.15) is 0 Å². The van der Waals surface area contributed by atoms with Crippen LogP contribution in [0.1, 0.15) is 12.5 Å². The lowest BCUT2D eigenvalue weighted by molar-refractivity contribution is 0.340. The number of hydrogen-bond donors (Lipinski definition) is 1. The Kier molecular flexibility index (Phi) is 4.87. The highest BCUT2D eigenvalue weighted by molar-refractivity contribution is 14.1. The van der Waals surface area contributed by atoms with Crippen LogP contribution in [0.2, 0.25) is 0 Å². The standard InChI is InChI=1S/C15H16INO/c1-2-18-15-5-3-4-14(10-15)17-11-12-6-8-13(16)9-7-12/h3-10,17H,2,11H2,1H3. The number of benzene rings is 2. The Morgan fingerprint density at radius 1 is 1.11 bits per heavy atom. The number of rotatable bonds is 5. The van der Waals surface area contributed by atoms with Crippen molar-refractivity contribution in [3.63, 3.8) is 0 Å². The fourth-order valence-electron chi connectivity index (χ4n) is 1.67. The molecule has 0 atom stereocenters. The molecule has 0 saturated heterocycles. The molecule has 0 amide bonds. The summed E-state index contributed by atoms with van der Waals surface area (Å²) in [6.07, 6.45) is 0. The molecule has 2 rings (SSSR count). The van der Waals surface area contributed by atoms with E-state index in [9.17, 15) is 0 Å². The van der Waals surface area contributed by atoms with Crippen LogP contribution in [0, 0.1) is 3.57 Å². The average Bonchev–Trinajstić information content (AvgIpc) is 2.39. The molecule has 0 aliphatic heterocycles. The van der Waals surface area contributed by atoms with Crippen molar-refractivity contribution in [2.24, 2.45) is 0 Å². The van der Waals surface area contributed by atoms with E-state index in [0.29, 0.717) is 6.61 Å². The summed E-state index contributed by atoms with van der Waals surface area (Å²) in [5.74, 6) is 0.908. The van der Waals surface area contributed by atoms with E-state index in [1.54, 1.807) is 0 Å². The molecule has 18 heavy (non-hydrogen) atoms. The van der Waals surface area contributed by atoms with Gasteiger partial charge in [-0.1, -0.05) is 18.2 Å². The van der Waals surface area contributed by atoms with Gasteiger partial charge < -0.3 is 10.1 Å². The van der Waals surface area contributed by atoms with E-state index in [0.717, 1.165) is 18.0 Å². The zero-order valence-electron chi connectivity index (χ0n) is 10.3. The van der Waals surface area contributed by atoms with Gasteiger partial charge in [0.25, 0.3) is 0 Å². The van der Waals surface area contributed by atoms with Gasteiger partial charge in [-0.15, -0.1) is 0 Å². The summed E-state index contributed by atoms with van der Waals surface area (Å²) in [6, 6.07) is 16.6. The zero-order valence-corrected chi connectivity index (χ0v) is 12.5. The summed E-state index contributed by atoms with van der Waals surface area (Å²) in [6.45, 7) is 3.51. The lowest BCUT2D eigenvalue weighted by atomic mass is 10.2. The molecule has 3 heteroatoms. The van der Waals surface area contributed by atoms with E-state index in [-0.39, 0.29) is 0 Å². The van der Waals surface area contributed by atoms with Crippen molar-refractivity contribution >= 4 is 28.3 Å². The Bertz CT molecular complexity index is 496. The number of anilines is 1. The number of hydrogen-bond acceptors (Lipinski definition) is 2. The molecular formula is C15H16INO. The van der Waals surface area contributed by atoms with Crippen molar-refractivity contribution in [1.29, 1.82) is 0 Å². The van der Waals surface area contributed by atoms with Crippen LogP contribution in [-0.4, -0.2) is 6.61 Å². The molecule has 0 aliphatic rings. The maximum absolute atomic E-state index is 5.47. The van der Waals surface area contributed by atoms with Gasteiger partial charge in [-0.05, 0) is 59.3 Å². The second kappa shape index (κ2) is 6.64. The molecule has 94 valence electrons. The fourth-order valence-corrected chi connectivity index (χ4v) is 2.03. The van der Waals surface area contributed by atoms with Gasteiger partial charge in [0.05, 0.1) is 6.61 Å². The van der Waals surface area contributed by atoms with Crippen LogP contribution >= 0.6 is 22.6 Å². The molecule has 2 aromatic rings. The van der Waals surface area contributed by atoms with Crippen molar-refractivity contribution in [1.82, 2.24) is 0 Å². The Labute approximate surface area is 122 Å². The number of nitrogens with one attached hydrogen (secondary N) is 1. The van der Waals surface area contributed by atoms with E-state index in [2.05, 4.69) is 58.2 Å². The second-order valence-corrected chi connectivity index (χ2v) is 5.19. The molecule has 2 nitrogen and oxygen atoms in total. The van der Waals surface area contributed by atoms with Crippen molar-refractivity contribution in [3.05, 3.63) is 57.7 Å². The average molecular weight is 353 g/mol. The Balaban J connectivity index is 1.97. The van der Waals surface area contributed by atoms with Crippen molar-refractivity contribution in [3.8, 4) is 5.75 Å². The van der Waals surface area contributed by atoms with E-state index < -0.39 is 0 Å². The first kappa shape index (κ1) is 13.2. The third-order valence-corrected chi connectivity index (χ3v) is 3.27. The molecule has 0 unspecified atom stereocenters. The van der Waals surface area contributed by atoms with Crippen LogP contribution in [0.25, 0.3) is 0 Å². The summed E-state index contributed by atoms with van der Waals surface area (Å²) >= 11 is 2.31. The van der Waals surface area contributed by atoms with Crippen LogP contribution in [0.5, 0.6) is 5.75 Å². The first-order valence-electron chi connectivity index (χ1n) is 5.99. The van der Waals surface area contributed by atoms with E-state index in [4.69, 9.17) is 4.74 Å². The van der Waals surface area contributed by atoms with E-state index >= 15 is 0 Å². The zero-order chi connectivity index (χ0) is 12.8. The van der Waals surface area contributed by atoms with Crippen molar-refractivity contribution in [2.75, 3.05) is 11.9 Å². The number of halogens is 1. The second-order valence-electron chi connectivity index (χ2n) is 3.94. The van der Waals surface area contributed by atoms with Gasteiger partial charge in [-0.25, -0.2) is 0 Å². The first-order chi connectivity index (χ1) is 8.78. The molecule has 0 bridgehead atoms. The predicted octanol–water partition coefficient (Wildman–Crippen LogP) is 4.30. The molecule has 2 aromatic carbocycles. The Hall–Kier alpha value is -1.23. The molecule has 0 spiro atoms. The van der Waals surface area contributed by atoms with Gasteiger partial charge in [0, 0.05) is 21.9 Å². The van der Waals surface area contributed by atoms with Gasteiger partial charge in [0.2, 0.25) is 0 Å². The fraction of sp³-hybridized carbons (Fsp3) is 0.200. The van der Waals surface area contributed by atoms with E-state index in [1.807, 2.05) is 25.1 Å². The summed E-state index contributed by atoms with van der Waals surface area (Å²) in [4.78, 5) is 0. The van der Waals surface area contributed by atoms with Crippen LogP contribution < -0.4 is 10.1 Å². The molecule has 0 radical (unpaired) electrons. The monoisotopic (exact) mass is 353 g/mol. The van der Waals surface area contributed by atoms with E-state index in [1.165, 1.54) is 9.13 Å². The highest BCUT2D eigenvalue weighted by atomic mass is 127. The Morgan fingerprint density at radius 2 is 1.89 bits per heavy atom. The molecule has 0 heterocycles. The maximum atomic E-state index is 5.47. The topological polar surface area (TPSA) is 21.3 Å². The van der Waals surface area contributed by atoms with Crippen LogP contribution in [-0.2, 0) is 6.54 Å². The molecule has 1 N–H and O–H groups in total. The molecule has 0 fully saturated rings. The van der Waals surface area contributed by atoms with Crippen molar-refractivity contribution in [2.45, 2.75) is 13.5 Å². The summed E-state index contributed by atoms with van der Waals surface area (Å²) < 4.78 is 6.73. The summed E-state index contributed by atoms with van der Waals surface area (Å²) in [5, 5.41) is 3.40.